The fourth-order valence-corrected chi connectivity index (χ4v) is 1.99. The number of ether oxygens (including phenoxy) is 1. The molecule has 0 saturated heterocycles. The minimum absolute atomic E-state index is 0.0397. The number of carboxylic acids is 1. The molecule has 2 rings (SSSR count). The summed E-state index contributed by atoms with van der Waals surface area (Å²) < 4.78 is 7.59. The average Bonchev–Trinajstić information content (AvgIpc) is 2.85. The first kappa shape index (κ1) is 13.5. The minimum atomic E-state index is -0.850. The molecule has 0 aliphatic carbocycles. The first-order valence-electron chi connectivity index (χ1n) is 5.57. The van der Waals surface area contributed by atoms with Gasteiger partial charge in [0.15, 0.2) is 0 Å². The number of rotatable bonds is 5. The van der Waals surface area contributed by atoms with E-state index in [0.29, 0.717) is 17.9 Å². The molecular formula is C12H12BrN3O3. The molecule has 0 aliphatic heterocycles. The molecule has 0 unspecified atom stereocenters. The SMILES string of the molecule is COc1ccc(Br)c(-n2cc(CCC(=O)O)nn2)c1. The fraction of sp³-hybridized carbons (Fsp3) is 0.250. The van der Waals surface area contributed by atoms with E-state index in [1.807, 2.05) is 18.2 Å². The van der Waals surface area contributed by atoms with E-state index in [1.165, 1.54) is 0 Å². The standard InChI is InChI=1S/C12H12BrN3O3/c1-19-9-3-4-10(13)11(6-9)16-7-8(14-15-16)2-5-12(17)18/h3-4,6-7H,2,5H2,1H3,(H,17,18). The van der Waals surface area contributed by atoms with E-state index >= 15 is 0 Å². The summed E-state index contributed by atoms with van der Waals surface area (Å²) in [5.41, 5.74) is 1.42. The number of aromatic nitrogens is 3. The summed E-state index contributed by atoms with van der Waals surface area (Å²) in [6.45, 7) is 0. The van der Waals surface area contributed by atoms with Gasteiger partial charge in [0.1, 0.15) is 5.75 Å². The van der Waals surface area contributed by atoms with E-state index in [2.05, 4.69) is 26.2 Å². The summed E-state index contributed by atoms with van der Waals surface area (Å²) >= 11 is 3.43. The molecule has 0 fully saturated rings. The molecule has 1 aromatic heterocycles. The quantitative estimate of drug-likeness (QED) is 0.910. The Balaban J connectivity index is 2.24. The lowest BCUT2D eigenvalue weighted by molar-refractivity contribution is -0.136. The van der Waals surface area contributed by atoms with Gasteiger partial charge in [-0.1, -0.05) is 5.21 Å². The van der Waals surface area contributed by atoms with Crippen LogP contribution >= 0.6 is 15.9 Å². The molecular weight excluding hydrogens is 314 g/mol. The molecule has 2 aromatic rings. The van der Waals surface area contributed by atoms with Gasteiger partial charge in [0, 0.05) is 17.0 Å². The highest BCUT2D eigenvalue weighted by Crippen LogP contribution is 2.25. The van der Waals surface area contributed by atoms with Crippen LogP contribution in [0.3, 0.4) is 0 Å². The molecule has 0 atom stereocenters. The maximum atomic E-state index is 10.5. The molecule has 100 valence electrons. The normalized spacial score (nSPS) is 10.4. The monoisotopic (exact) mass is 325 g/mol. The highest BCUT2D eigenvalue weighted by molar-refractivity contribution is 9.10. The summed E-state index contributed by atoms with van der Waals surface area (Å²) in [7, 11) is 1.59. The third kappa shape index (κ3) is 3.31. The van der Waals surface area contributed by atoms with Crippen LogP contribution in [0.2, 0.25) is 0 Å². The number of aryl methyl sites for hydroxylation is 1. The molecule has 0 radical (unpaired) electrons. The summed E-state index contributed by atoms with van der Waals surface area (Å²) in [6.07, 6.45) is 2.11. The second kappa shape index (κ2) is 5.83. The van der Waals surface area contributed by atoms with E-state index in [9.17, 15) is 4.79 Å². The van der Waals surface area contributed by atoms with Gasteiger partial charge >= 0.3 is 5.97 Å². The third-order valence-electron chi connectivity index (χ3n) is 2.54. The maximum Gasteiger partial charge on any atom is 0.303 e. The van der Waals surface area contributed by atoms with Gasteiger partial charge in [0.25, 0.3) is 0 Å². The second-order valence-electron chi connectivity index (χ2n) is 3.87. The number of hydrogen-bond acceptors (Lipinski definition) is 4. The van der Waals surface area contributed by atoms with Crippen LogP contribution in [-0.4, -0.2) is 33.2 Å². The van der Waals surface area contributed by atoms with Crippen LogP contribution < -0.4 is 4.74 Å². The third-order valence-corrected chi connectivity index (χ3v) is 3.21. The minimum Gasteiger partial charge on any atom is -0.497 e. The molecule has 0 amide bonds. The average molecular weight is 326 g/mol. The van der Waals surface area contributed by atoms with Gasteiger partial charge in [-0.2, -0.15) is 0 Å². The van der Waals surface area contributed by atoms with Crippen molar-refractivity contribution in [3.05, 3.63) is 34.6 Å². The van der Waals surface area contributed by atoms with Gasteiger partial charge in [-0.05, 0) is 28.1 Å². The number of hydrogen-bond donors (Lipinski definition) is 1. The summed E-state index contributed by atoms with van der Waals surface area (Å²) in [5, 5.41) is 16.6. The molecule has 1 aromatic carbocycles. The molecule has 0 spiro atoms. The molecule has 0 saturated carbocycles. The Morgan fingerprint density at radius 3 is 3.00 bits per heavy atom. The number of carbonyl (C=O) groups is 1. The van der Waals surface area contributed by atoms with E-state index in [-0.39, 0.29) is 6.42 Å². The van der Waals surface area contributed by atoms with Gasteiger partial charge in [-0.15, -0.1) is 5.10 Å². The van der Waals surface area contributed by atoms with Crippen LogP contribution in [-0.2, 0) is 11.2 Å². The summed E-state index contributed by atoms with van der Waals surface area (Å²) in [6, 6.07) is 5.50. The van der Waals surface area contributed by atoms with Crippen molar-refractivity contribution < 1.29 is 14.6 Å². The zero-order valence-electron chi connectivity index (χ0n) is 10.2. The lowest BCUT2D eigenvalue weighted by atomic mass is 10.2. The number of methoxy groups -OCH3 is 1. The van der Waals surface area contributed by atoms with E-state index in [1.54, 1.807) is 18.0 Å². The molecule has 6 nitrogen and oxygen atoms in total. The van der Waals surface area contributed by atoms with Gasteiger partial charge in [0.2, 0.25) is 0 Å². The molecule has 1 N–H and O–H groups in total. The molecule has 1 heterocycles. The second-order valence-corrected chi connectivity index (χ2v) is 4.72. The first-order valence-corrected chi connectivity index (χ1v) is 6.36. The maximum absolute atomic E-state index is 10.5. The summed E-state index contributed by atoms with van der Waals surface area (Å²) in [4.78, 5) is 10.5. The zero-order chi connectivity index (χ0) is 13.8. The lowest BCUT2D eigenvalue weighted by Gasteiger charge is -2.06. The number of nitrogens with zero attached hydrogens (tertiary/aromatic N) is 3. The van der Waals surface area contributed by atoms with Gasteiger partial charge in [-0.25, -0.2) is 4.68 Å². The van der Waals surface area contributed by atoms with Gasteiger partial charge in [-0.3, -0.25) is 4.79 Å². The van der Waals surface area contributed by atoms with Crippen molar-refractivity contribution in [2.24, 2.45) is 0 Å². The number of aliphatic carboxylic acids is 1. The Morgan fingerprint density at radius 1 is 1.53 bits per heavy atom. The molecule has 0 bridgehead atoms. The molecule has 7 heteroatoms. The van der Waals surface area contributed by atoms with Crippen molar-refractivity contribution in [2.75, 3.05) is 7.11 Å². The van der Waals surface area contributed by atoms with Gasteiger partial charge < -0.3 is 9.84 Å². The Bertz CT molecular complexity index is 598. The predicted molar refractivity (Wildman–Crippen MR) is 71.6 cm³/mol. The highest BCUT2D eigenvalue weighted by Gasteiger charge is 2.09. The van der Waals surface area contributed by atoms with Crippen molar-refractivity contribution in [1.29, 1.82) is 0 Å². The molecule has 0 aliphatic rings. The van der Waals surface area contributed by atoms with Crippen LogP contribution in [0.1, 0.15) is 12.1 Å². The Morgan fingerprint density at radius 2 is 2.32 bits per heavy atom. The Hall–Kier alpha value is -1.89. The first-order chi connectivity index (χ1) is 9.10. The number of halogens is 1. The van der Waals surface area contributed by atoms with E-state index in [4.69, 9.17) is 9.84 Å². The van der Waals surface area contributed by atoms with Crippen molar-refractivity contribution in [2.45, 2.75) is 12.8 Å². The van der Waals surface area contributed by atoms with Crippen molar-refractivity contribution in [1.82, 2.24) is 15.0 Å². The summed E-state index contributed by atoms with van der Waals surface area (Å²) in [5.74, 6) is -0.141. The number of carboxylic acid groups (broad SMARTS) is 1. The largest absolute Gasteiger partial charge is 0.497 e. The van der Waals surface area contributed by atoms with Crippen LogP contribution in [0.15, 0.2) is 28.9 Å². The van der Waals surface area contributed by atoms with Crippen LogP contribution in [0.4, 0.5) is 0 Å². The van der Waals surface area contributed by atoms with E-state index < -0.39 is 5.97 Å². The van der Waals surface area contributed by atoms with Crippen molar-refractivity contribution in [3.63, 3.8) is 0 Å². The fourth-order valence-electron chi connectivity index (χ4n) is 1.56. The highest BCUT2D eigenvalue weighted by atomic mass is 79.9. The number of benzene rings is 1. The van der Waals surface area contributed by atoms with Crippen LogP contribution in [0, 0.1) is 0 Å². The van der Waals surface area contributed by atoms with Crippen LogP contribution in [0.5, 0.6) is 5.75 Å². The van der Waals surface area contributed by atoms with E-state index in [0.717, 1.165) is 10.2 Å². The van der Waals surface area contributed by atoms with Gasteiger partial charge in [0.05, 0.1) is 31.1 Å². The van der Waals surface area contributed by atoms with Crippen LogP contribution in [0.25, 0.3) is 5.69 Å². The zero-order valence-corrected chi connectivity index (χ0v) is 11.8. The Kier molecular flexibility index (Phi) is 4.16. The smallest absolute Gasteiger partial charge is 0.303 e. The predicted octanol–water partition coefficient (Wildman–Crippen LogP) is 2.06. The van der Waals surface area contributed by atoms with Crippen molar-refractivity contribution in [3.8, 4) is 11.4 Å². The Labute approximate surface area is 118 Å². The van der Waals surface area contributed by atoms with Crippen molar-refractivity contribution >= 4 is 21.9 Å². The topological polar surface area (TPSA) is 77.2 Å². The lowest BCUT2D eigenvalue weighted by Crippen LogP contribution is -1.98. The molecule has 19 heavy (non-hydrogen) atoms.